The molecule has 1 aliphatic rings. The number of ketones is 1. The number of hydrogen-bond donors (Lipinski definition) is 1. The summed E-state index contributed by atoms with van der Waals surface area (Å²) in [6.45, 7) is 0. The van der Waals surface area contributed by atoms with Gasteiger partial charge in [-0.2, -0.15) is 0 Å². The Morgan fingerprint density at radius 3 is 2.73 bits per heavy atom. The zero-order chi connectivity index (χ0) is 10.7. The van der Waals surface area contributed by atoms with Crippen molar-refractivity contribution in [2.75, 3.05) is 5.73 Å². The molecular weight excluding hydrogens is 188 g/mol. The van der Waals surface area contributed by atoms with Gasteiger partial charge in [-0.3, -0.25) is 9.78 Å². The lowest BCUT2D eigenvalue weighted by atomic mass is 9.98. The lowest BCUT2D eigenvalue weighted by molar-refractivity contribution is 0.0958. The predicted molar refractivity (Wildman–Crippen MR) is 59.5 cm³/mol. The number of pyridine rings is 1. The molecule has 0 bridgehead atoms. The molecule has 2 N–H and O–H groups in total. The third-order valence-corrected chi connectivity index (χ3v) is 2.65. The van der Waals surface area contributed by atoms with Crippen molar-refractivity contribution in [1.82, 2.24) is 4.98 Å². The van der Waals surface area contributed by atoms with Crippen molar-refractivity contribution < 1.29 is 4.79 Å². The molecule has 1 aliphatic carbocycles. The van der Waals surface area contributed by atoms with Crippen LogP contribution in [-0.4, -0.2) is 10.8 Å². The summed E-state index contributed by atoms with van der Waals surface area (Å²) in [4.78, 5) is 15.8. The zero-order valence-corrected chi connectivity index (χ0v) is 8.52. The molecule has 3 heteroatoms. The van der Waals surface area contributed by atoms with E-state index in [-0.39, 0.29) is 5.78 Å². The third kappa shape index (κ3) is 2.43. The van der Waals surface area contributed by atoms with Gasteiger partial charge in [0.25, 0.3) is 0 Å². The maximum atomic E-state index is 11.8. The van der Waals surface area contributed by atoms with Gasteiger partial charge in [-0.25, -0.2) is 0 Å². The monoisotopic (exact) mass is 202 g/mol. The van der Waals surface area contributed by atoms with Crippen LogP contribution >= 0.6 is 0 Å². The SMILES string of the molecule is Nc1ccc(C(=O)CC2CC=CC2)nc1. The molecule has 15 heavy (non-hydrogen) atoms. The number of nitrogens with zero attached hydrogens (tertiary/aromatic N) is 1. The van der Waals surface area contributed by atoms with Gasteiger partial charge in [0.2, 0.25) is 0 Å². The van der Waals surface area contributed by atoms with Crippen LogP contribution < -0.4 is 5.73 Å². The fraction of sp³-hybridized carbons (Fsp3) is 0.333. The van der Waals surface area contributed by atoms with E-state index < -0.39 is 0 Å². The van der Waals surface area contributed by atoms with Gasteiger partial charge >= 0.3 is 0 Å². The topological polar surface area (TPSA) is 56.0 Å². The molecule has 1 aromatic rings. The van der Waals surface area contributed by atoms with Gasteiger partial charge in [0.1, 0.15) is 5.69 Å². The Bertz CT molecular complexity index is 373. The fourth-order valence-electron chi connectivity index (χ4n) is 1.78. The van der Waals surface area contributed by atoms with Gasteiger partial charge < -0.3 is 5.73 Å². The van der Waals surface area contributed by atoms with Crippen LogP contribution in [-0.2, 0) is 0 Å². The van der Waals surface area contributed by atoms with Crippen LogP contribution in [0.15, 0.2) is 30.5 Å². The molecule has 2 rings (SSSR count). The van der Waals surface area contributed by atoms with Crippen molar-refractivity contribution in [2.24, 2.45) is 5.92 Å². The molecule has 1 heterocycles. The maximum absolute atomic E-state index is 11.8. The molecular formula is C12H14N2O. The van der Waals surface area contributed by atoms with Crippen LogP contribution in [0.3, 0.4) is 0 Å². The quantitative estimate of drug-likeness (QED) is 0.604. The summed E-state index contributed by atoms with van der Waals surface area (Å²) in [5, 5.41) is 0. The Labute approximate surface area is 89.0 Å². The molecule has 0 saturated heterocycles. The fourth-order valence-corrected chi connectivity index (χ4v) is 1.78. The number of nitrogen functional groups attached to an aromatic ring is 1. The average molecular weight is 202 g/mol. The molecule has 0 radical (unpaired) electrons. The van der Waals surface area contributed by atoms with Gasteiger partial charge in [0.15, 0.2) is 5.78 Å². The van der Waals surface area contributed by atoms with E-state index in [0.29, 0.717) is 23.7 Å². The van der Waals surface area contributed by atoms with Crippen LogP contribution in [0.25, 0.3) is 0 Å². The Morgan fingerprint density at radius 2 is 2.13 bits per heavy atom. The second kappa shape index (κ2) is 4.26. The van der Waals surface area contributed by atoms with Crippen molar-refractivity contribution in [3.63, 3.8) is 0 Å². The highest BCUT2D eigenvalue weighted by Gasteiger charge is 2.16. The minimum atomic E-state index is 0.115. The second-order valence-electron chi connectivity index (χ2n) is 3.91. The molecule has 0 spiro atoms. The van der Waals surface area contributed by atoms with E-state index in [2.05, 4.69) is 17.1 Å². The Hall–Kier alpha value is -1.64. The first-order chi connectivity index (χ1) is 7.25. The van der Waals surface area contributed by atoms with Crippen molar-refractivity contribution in [3.8, 4) is 0 Å². The molecule has 0 fully saturated rings. The summed E-state index contributed by atoms with van der Waals surface area (Å²) < 4.78 is 0. The number of aromatic nitrogens is 1. The summed E-state index contributed by atoms with van der Waals surface area (Å²) in [5.74, 6) is 0.584. The first-order valence-electron chi connectivity index (χ1n) is 5.15. The number of hydrogen-bond acceptors (Lipinski definition) is 3. The number of carbonyl (C=O) groups is 1. The minimum absolute atomic E-state index is 0.115. The van der Waals surface area contributed by atoms with Crippen LogP contribution in [0, 0.1) is 5.92 Å². The molecule has 0 unspecified atom stereocenters. The molecule has 0 saturated carbocycles. The van der Waals surface area contributed by atoms with E-state index in [4.69, 9.17) is 5.73 Å². The third-order valence-electron chi connectivity index (χ3n) is 2.65. The van der Waals surface area contributed by atoms with E-state index in [1.54, 1.807) is 12.1 Å². The standard InChI is InChI=1S/C12H14N2O/c13-10-5-6-11(14-8-10)12(15)7-9-3-1-2-4-9/h1-2,5-6,8-9H,3-4,7,13H2. The van der Waals surface area contributed by atoms with Gasteiger partial charge in [-0.15, -0.1) is 0 Å². The number of anilines is 1. The van der Waals surface area contributed by atoms with E-state index >= 15 is 0 Å². The van der Waals surface area contributed by atoms with Gasteiger partial charge in [0, 0.05) is 6.42 Å². The number of carbonyl (C=O) groups excluding carboxylic acids is 1. The summed E-state index contributed by atoms with van der Waals surface area (Å²) >= 11 is 0. The molecule has 0 amide bonds. The lowest BCUT2D eigenvalue weighted by Crippen LogP contribution is -2.08. The molecule has 1 aromatic heterocycles. The smallest absolute Gasteiger partial charge is 0.181 e. The van der Waals surface area contributed by atoms with Crippen molar-refractivity contribution in [2.45, 2.75) is 19.3 Å². The Balaban J connectivity index is 1.98. The molecule has 3 nitrogen and oxygen atoms in total. The first-order valence-corrected chi connectivity index (χ1v) is 5.15. The average Bonchev–Trinajstić information content (AvgIpc) is 2.71. The highest BCUT2D eigenvalue weighted by Crippen LogP contribution is 2.22. The van der Waals surface area contributed by atoms with Crippen LogP contribution in [0.5, 0.6) is 0 Å². The van der Waals surface area contributed by atoms with Gasteiger partial charge in [-0.05, 0) is 30.9 Å². The normalized spacial score (nSPS) is 15.7. The Morgan fingerprint density at radius 1 is 1.40 bits per heavy atom. The summed E-state index contributed by atoms with van der Waals surface area (Å²) in [6.07, 6.45) is 8.41. The van der Waals surface area contributed by atoms with Gasteiger partial charge in [0.05, 0.1) is 11.9 Å². The molecule has 78 valence electrons. The van der Waals surface area contributed by atoms with Crippen molar-refractivity contribution in [1.29, 1.82) is 0 Å². The summed E-state index contributed by atoms with van der Waals surface area (Å²) in [5.41, 5.74) is 6.62. The molecule has 0 aliphatic heterocycles. The number of Topliss-reactive ketones (excluding diaryl/α,β-unsaturated/α-hetero) is 1. The summed E-state index contributed by atoms with van der Waals surface area (Å²) in [6, 6.07) is 3.41. The van der Waals surface area contributed by atoms with Crippen LogP contribution in [0.2, 0.25) is 0 Å². The minimum Gasteiger partial charge on any atom is -0.397 e. The predicted octanol–water partition coefficient (Wildman–Crippen LogP) is 2.20. The Kier molecular flexibility index (Phi) is 2.81. The van der Waals surface area contributed by atoms with E-state index in [9.17, 15) is 4.79 Å². The number of rotatable bonds is 3. The first kappa shape index (κ1) is 9.90. The zero-order valence-electron chi connectivity index (χ0n) is 8.52. The maximum Gasteiger partial charge on any atom is 0.181 e. The molecule has 0 atom stereocenters. The van der Waals surface area contributed by atoms with Crippen LogP contribution in [0.4, 0.5) is 5.69 Å². The van der Waals surface area contributed by atoms with Crippen molar-refractivity contribution >= 4 is 11.5 Å². The molecule has 0 aromatic carbocycles. The lowest BCUT2D eigenvalue weighted by Gasteiger charge is -2.07. The number of nitrogens with two attached hydrogens (primary N) is 1. The second-order valence-corrected chi connectivity index (χ2v) is 3.91. The van der Waals surface area contributed by atoms with Crippen molar-refractivity contribution in [3.05, 3.63) is 36.2 Å². The van der Waals surface area contributed by atoms with E-state index in [1.807, 2.05) is 0 Å². The highest BCUT2D eigenvalue weighted by atomic mass is 16.1. The van der Waals surface area contributed by atoms with Gasteiger partial charge in [-0.1, -0.05) is 12.2 Å². The van der Waals surface area contributed by atoms with E-state index in [0.717, 1.165) is 12.8 Å². The number of allylic oxidation sites excluding steroid dienone is 2. The largest absolute Gasteiger partial charge is 0.397 e. The summed E-state index contributed by atoms with van der Waals surface area (Å²) in [7, 11) is 0. The van der Waals surface area contributed by atoms with E-state index in [1.165, 1.54) is 6.20 Å². The van der Waals surface area contributed by atoms with Crippen LogP contribution in [0.1, 0.15) is 29.8 Å². The highest BCUT2D eigenvalue weighted by molar-refractivity contribution is 5.94.